The molecule has 0 radical (unpaired) electrons. The van der Waals surface area contributed by atoms with Crippen LogP contribution >= 0.6 is 0 Å². The monoisotopic (exact) mass is 387 g/mol. The van der Waals surface area contributed by atoms with Crippen molar-refractivity contribution >= 4 is 16.8 Å². The molecule has 5 rings (SSSR count). The lowest BCUT2D eigenvalue weighted by Crippen LogP contribution is -2.20. The highest BCUT2D eigenvalue weighted by Crippen LogP contribution is 2.64. The van der Waals surface area contributed by atoms with E-state index in [0.717, 1.165) is 41.5 Å². The summed E-state index contributed by atoms with van der Waals surface area (Å²) >= 11 is 0. The van der Waals surface area contributed by atoms with Gasteiger partial charge in [0.15, 0.2) is 0 Å². The molecule has 1 amide bonds. The van der Waals surface area contributed by atoms with Gasteiger partial charge in [0.2, 0.25) is 5.91 Å². The minimum Gasteiger partial charge on any atom is -0.488 e. The summed E-state index contributed by atoms with van der Waals surface area (Å²) in [6, 6.07) is 15.8. The lowest BCUT2D eigenvalue weighted by molar-refractivity contribution is 0.0998. The Morgan fingerprint density at radius 2 is 1.86 bits per heavy atom. The molecule has 148 valence electrons. The zero-order valence-electron chi connectivity index (χ0n) is 16.5. The van der Waals surface area contributed by atoms with E-state index in [-0.39, 0.29) is 12.0 Å². The predicted molar refractivity (Wildman–Crippen MR) is 112 cm³/mol. The summed E-state index contributed by atoms with van der Waals surface area (Å²) in [5.74, 6) is 2.82. The number of amides is 1. The lowest BCUT2D eigenvalue weighted by atomic mass is 9.84. The highest BCUT2D eigenvalue weighted by atomic mass is 16.5. The van der Waals surface area contributed by atoms with Crippen molar-refractivity contribution in [1.82, 2.24) is 10.2 Å². The molecule has 5 nitrogen and oxygen atoms in total. The summed E-state index contributed by atoms with van der Waals surface area (Å²) in [5.41, 5.74) is 8.28. The second-order valence-corrected chi connectivity index (χ2v) is 8.31. The van der Waals surface area contributed by atoms with Gasteiger partial charge in [0.1, 0.15) is 5.75 Å². The van der Waals surface area contributed by atoms with Crippen molar-refractivity contribution in [2.75, 3.05) is 0 Å². The molecule has 5 heteroatoms. The summed E-state index contributed by atoms with van der Waals surface area (Å²) in [6.45, 7) is 2.21. The SMILES string of the molecule is CC[C@H](c1ccccc1C(N)=O)C1[C@H]2CC(Oc3cnnc4ccccc34)C[C@H]12. The molecule has 0 bridgehead atoms. The largest absolute Gasteiger partial charge is 0.488 e. The van der Waals surface area contributed by atoms with Crippen LogP contribution in [0.15, 0.2) is 54.7 Å². The van der Waals surface area contributed by atoms with Crippen LogP contribution < -0.4 is 10.5 Å². The number of rotatable bonds is 6. The van der Waals surface area contributed by atoms with Gasteiger partial charge in [-0.3, -0.25) is 4.79 Å². The fourth-order valence-electron chi connectivity index (χ4n) is 5.53. The number of benzene rings is 2. The van der Waals surface area contributed by atoms with Gasteiger partial charge in [0.05, 0.1) is 17.8 Å². The number of nitrogens with zero attached hydrogens (tertiary/aromatic N) is 2. The summed E-state index contributed by atoms with van der Waals surface area (Å²) in [4.78, 5) is 11.9. The standard InChI is InChI=1S/C24H25N3O2/c1-2-15(16-7-3-4-8-17(16)24(25)28)23-19-11-14(12-20(19)23)29-22-13-26-27-21-10-6-5-9-18(21)22/h3-10,13-15,19-20,23H,2,11-12H2,1H3,(H2,25,28)/t14?,15-,19+,20+,23?/m1/s1. The van der Waals surface area contributed by atoms with Gasteiger partial charge in [-0.1, -0.05) is 37.3 Å². The molecular weight excluding hydrogens is 362 g/mol. The van der Waals surface area contributed by atoms with Crippen molar-refractivity contribution in [2.45, 2.75) is 38.2 Å². The molecule has 29 heavy (non-hydrogen) atoms. The van der Waals surface area contributed by atoms with Gasteiger partial charge in [-0.25, -0.2) is 0 Å². The maximum Gasteiger partial charge on any atom is 0.248 e. The lowest BCUT2D eigenvalue weighted by Gasteiger charge is -2.23. The fraction of sp³-hybridized carbons (Fsp3) is 0.375. The molecule has 0 spiro atoms. The molecule has 2 aromatic carbocycles. The second-order valence-electron chi connectivity index (χ2n) is 8.31. The summed E-state index contributed by atoms with van der Waals surface area (Å²) in [6.07, 6.45) is 5.08. The first-order valence-electron chi connectivity index (χ1n) is 10.4. The molecule has 0 saturated heterocycles. The second kappa shape index (κ2) is 7.14. The molecule has 2 N–H and O–H groups in total. The molecule has 3 atom stereocenters. The average Bonchev–Trinajstić information content (AvgIpc) is 3.22. The minimum absolute atomic E-state index is 0.220. The van der Waals surface area contributed by atoms with Crippen LogP contribution in [0.1, 0.15) is 48.0 Å². The molecule has 2 aliphatic carbocycles. The number of carbonyl (C=O) groups is 1. The maximum absolute atomic E-state index is 11.9. The third-order valence-electron chi connectivity index (χ3n) is 6.80. The zero-order chi connectivity index (χ0) is 20.0. The van der Waals surface area contributed by atoms with Crippen molar-refractivity contribution in [2.24, 2.45) is 23.5 Å². The first kappa shape index (κ1) is 18.1. The van der Waals surface area contributed by atoms with Gasteiger partial charge in [-0.05, 0) is 66.7 Å². The Balaban J connectivity index is 1.30. The Morgan fingerprint density at radius 1 is 1.14 bits per heavy atom. The average molecular weight is 387 g/mol. The Hall–Kier alpha value is -2.95. The number of aromatic nitrogens is 2. The van der Waals surface area contributed by atoms with E-state index in [9.17, 15) is 4.79 Å². The van der Waals surface area contributed by atoms with E-state index in [2.05, 4.69) is 23.2 Å². The molecule has 3 aromatic rings. The third kappa shape index (κ3) is 3.15. The Kier molecular flexibility index (Phi) is 4.46. The van der Waals surface area contributed by atoms with Crippen LogP contribution in [0.4, 0.5) is 0 Å². The molecular formula is C24H25N3O2. The van der Waals surface area contributed by atoms with Crippen LogP contribution in [0.5, 0.6) is 5.75 Å². The molecule has 1 aromatic heterocycles. The van der Waals surface area contributed by atoms with E-state index in [4.69, 9.17) is 10.5 Å². The van der Waals surface area contributed by atoms with E-state index in [0.29, 0.717) is 29.2 Å². The molecule has 2 fully saturated rings. The molecule has 2 aliphatic rings. The van der Waals surface area contributed by atoms with Gasteiger partial charge in [-0.15, -0.1) is 0 Å². The van der Waals surface area contributed by atoms with Gasteiger partial charge in [0.25, 0.3) is 0 Å². The topological polar surface area (TPSA) is 78.1 Å². The van der Waals surface area contributed by atoms with E-state index in [1.54, 1.807) is 6.20 Å². The van der Waals surface area contributed by atoms with Crippen LogP contribution in [0.2, 0.25) is 0 Å². The Labute approximate surface area is 170 Å². The number of hydrogen-bond donors (Lipinski definition) is 1. The Morgan fingerprint density at radius 3 is 2.62 bits per heavy atom. The summed E-state index contributed by atoms with van der Waals surface area (Å²) < 4.78 is 6.34. The molecule has 2 saturated carbocycles. The summed E-state index contributed by atoms with van der Waals surface area (Å²) in [5, 5.41) is 9.28. The summed E-state index contributed by atoms with van der Waals surface area (Å²) in [7, 11) is 0. The molecule has 1 heterocycles. The molecule has 0 aliphatic heterocycles. The van der Waals surface area contributed by atoms with Crippen molar-refractivity contribution in [3.63, 3.8) is 0 Å². The number of carbonyl (C=O) groups excluding carboxylic acids is 1. The van der Waals surface area contributed by atoms with Gasteiger partial charge in [0, 0.05) is 10.9 Å². The van der Waals surface area contributed by atoms with Crippen LogP contribution in [0.3, 0.4) is 0 Å². The Bertz CT molecular complexity index is 1050. The smallest absolute Gasteiger partial charge is 0.248 e. The van der Waals surface area contributed by atoms with Crippen molar-refractivity contribution in [3.8, 4) is 5.75 Å². The van der Waals surface area contributed by atoms with E-state index < -0.39 is 0 Å². The molecule has 0 unspecified atom stereocenters. The normalized spacial score (nSPS) is 24.2. The number of fused-ring (bicyclic) bond motifs is 2. The highest BCUT2D eigenvalue weighted by Gasteiger charge is 2.59. The highest BCUT2D eigenvalue weighted by molar-refractivity contribution is 5.94. The van der Waals surface area contributed by atoms with Gasteiger partial charge >= 0.3 is 0 Å². The van der Waals surface area contributed by atoms with Crippen molar-refractivity contribution in [1.29, 1.82) is 0 Å². The van der Waals surface area contributed by atoms with Gasteiger partial charge < -0.3 is 10.5 Å². The quantitative estimate of drug-likeness (QED) is 0.683. The van der Waals surface area contributed by atoms with E-state index in [1.807, 2.05) is 42.5 Å². The minimum atomic E-state index is -0.330. The predicted octanol–water partition coefficient (Wildman–Crippen LogP) is 4.33. The van der Waals surface area contributed by atoms with Crippen molar-refractivity contribution in [3.05, 3.63) is 65.9 Å². The number of primary amides is 1. The van der Waals surface area contributed by atoms with E-state index in [1.165, 1.54) is 0 Å². The third-order valence-corrected chi connectivity index (χ3v) is 6.80. The van der Waals surface area contributed by atoms with Crippen LogP contribution in [0, 0.1) is 17.8 Å². The number of hydrogen-bond acceptors (Lipinski definition) is 4. The van der Waals surface area contributed by atoms with Crippen LogP contribution in [-0.4, -0.2) is 22.2 Å². The van der Waals surface area contributed by atoms with E-state index >= 15 is 0 Å². The van der Waals surface area contributed by atoms with Crippen LogP contribution in [-0.2, 0) is 0 Å². The van der Waals surface area contributed by atoms with Crippen LogP contribution in [0.25, 0.3) is 10.9 Å². The number of ether oxygens (including phenoxy) is 1. The van der Waals surface area contributed by atoms with Crippen molar-refractivity contribution < 1.29 is 9.53 Å². The first-order valence-corrected chi connectivity index (χ1v) is 10.4. The zero-order valence-corrected chi connectivity index (χ0v) is 16.5. The fourth-order valence-corrected chi connectivity index (χ4v) is 5.53. The van der Waals surface area contributed by atoms with Gasteiger partial charge in [-0.2, -0.15) is 10.2 Å². The number of nitrogens with two attached hydrogens (primary N) is 1. The maximum atomic E-state index is 11.9. The first-order chi connectivity index (χ1) is 14.2.